The van der Waals surface area contributed by atoms with E-state index in [2.05, 4.69) is 0 Å². The van der Waals surface area contributed by atoms with Gasteiger partial charge in [-0.25, -0.2) is 0 Å². The van der Waals surface area contributed by atoms with Crippen LogP contribution in [0.4, 0.5) is 0 Å². The summed E-state index contributed by atoms with van der Waals surface area (Å²) >= 11 is 0. The first kappa shape index (κ1) is 12.6. The number of amides is 1. The summed E-state index contributed by atoms with van der Waals surface area (Å²) in [5, 5.41) is 0. The number of likely N-dealkylation sites (N-methyl/N-ethyl adjacent to an activating group) is 1. The van der Waals surface area contributed by atoms with Crippen molar-refractivity contribution in [1.29, 1.82) is 0 Å². The monoisotopic (exact) mass is 221 g/mol. The lowest BCUT2D eigenvalue weighted by Gasteiger charge is -2.20. The Hall–Kier alpha value is -1.51. The minimum atomic E-state index is -0.392. The van der Waals surface area contributed by atoms with Gasteiger partial charge in [-0.1, -0.05) is 19.1 Å². The predicted octanol–water partition coefficient (Wildman–Crippen LogP) is 2.24. The number of carbonyl (C=O) groups excluding carboxylic acids is 1. The summed E-state index contributed by atoms with van der Waals surface area (Å²) in [4.78, 5) is 13.3. The van der Waals surface area contributed by atoms with Crippen molar-refractivity contribution in [1.82, 2.24) is 4.90 Å². The highest BCUT2D eigenvalue weighted by atomic mass is 16.5. The molecule has 0 heterocycles. The fourth-order valence-corrected chi connectivity index (χ4v) is 1.45. The molecule has 0 aliphatic rings. The van der Waals surface area contributed by atoms with Crippen LogP contribution in [0, 0.1) is 6.92 Å². The molecule has 1 amide bonds. The maximum atomic E-state index is 11.8. The Balaban J connectivity index is 2.74. The molecule has 0 aromatic heterocycles. The SMILES string of the molecule is CC[C@H](Oc1cccc(C)c1)C(=O)N(C)C. The molecule has 16 heavy (non-hydrogen) atoms. The van der Waals surface area contributed by atoms with Crippen LogP contribution < -0.4 is 4.74 Å². The first-order valence-electron chi connectivity index (χ1n) is 5.49. The number of hydrogen-bond acceptors (Lipinski definition) is 2. The molecule has 88 valence electrons. The molecule has 0 N–H and O–H groups in total. The molecule has 1 aromatic carbocycles. The molecule has 0 saturated carbocycles. The number of benzene rings is 1. The van der Waals surface area contributed by atoms with E-state index in [1.165, 1.54) is 0 Å². The highest BCUT2D eigenvalue weighted by Gasteiger charge is 2.19. The predicted molar refractivity (Wildman–Crippen MR) is 64.6 cm³/mol. The second-order valence-electron chi connectivity index (χ2n) is 4.06. The first-order chi connectivity index (χ1) is 7.54. The molecule has 0 saturated heterocycles. The Kier molecular flexibility index (Phi) is 4.35. The number of hydrogen-bond donors (Lipinski definition) is 0. The van der Waals surface area contributed by atoms with Crippen molar-refractivity contribution in [2.45, 2.75) is 26.4 Å². The molecule has 3 heteroatoms. The van der Waals surface area contributed by atoms with Crippen molar-refractivity contribution in [2.24, 2.45) is 0 Å². The summed E-state index contributed by atoms with van der Waals surface area (Å²) in [7, 11) is 3.48. The van der Waals surface area contributed by atoms with Gasteiger partial charge in [-0.3, -0.25) is 4.79 Å². The minimum absolute atomic E-state index is 0.00371. The maximum Gasteiger partial charge on any atom is 0.263 e. The van der Waals surface area contributed by atoms with Gasteiger partial charge >= 0.3 is 0 Å². The maximum absolute atomic E-state index is 11.8. The van der Waals surface area contributed by atoms with Crippen molar-refractivity contribution in [3.05, 3.63) is 29.8 Å². The van der Waals surface area contributed by atoms with Crippen LogP contribution in [-0.2, 0) is 4.79 Å². The first-order valence-corrected chi connectivity index (χ1v) is 5.49. The van der Waals surface area contributed by atoms with Gasteiger partial charge in [0.15, 0.2) is 6.10 Å². The van der Waals surface area contributed by atoms with Gasteiger partial charge in [-0.15, -0.1) is 0 Å². The quantitative estimate of drug-likeness (QED) is 0.780. The Morgan fingerprint density at radius 1 is 1.44 bits per heavy atom. The zero-order valence-corrected chi connectivity index (χ0v) is 10.4. The van der Waals surface area contributed by atoms with E-state index < -0.39 is 6.10 Å². The van der Waals surface area contributed by atoms with E-state index in [1.54, 1.807) is 19.0 Å². The molecule has 0 bridgehead atoms. The van der Waals surface area contributed by atoms with Gasteiger partial charge in [-0.05, 0) is 31.0 Å². The van der Waals surface area contributed by atoms with E-state index in [-0.39, 0.29) is 5.91 Å². The van der Waals surface area contributed by atoms with Crippen LogP contribution in [0.1, 0.15) is 18.9 Å². The van der Waals surface area contributed by atoms with Crippen LogP contribution >= 0.6 is 0 Å². The zero-order valence-electron chi connectivity index (χ0n) is 10.4. The normalized spacial score (nSPS) is 12.0. The molecule has 0 aliphatic heterocycles. The summed E-state index contributed by atoms with van der Waals surface area (Å²) < 4.78 is 5.68. The molecule has 0 radical (unpaired) electrons. The minimum Gasteiger partial charge on any atom is -0.481 e. The molecule has 0 fully saturated rings. The van der Waals surface area contributed by atoms with Crippen LogP contribution in [0.25, 0.3) is 0 Å². The van der Waals surface area contributed by atoms with Crippen LogP contribution in [0.15, 0.2) is 24.3 Å². The smallest absolute Gasteiger partial charge is 0.263 e. The third kappa shape index (κ3) is 3.26. The van der Waals surface area contributed by atoms with Crippen LogP contribution in [0.5, 0.6) is 5.75 Å². The molecule has 3 nitrogen and oxygen atoms in total. The molecular formula is C13H19NO2. The molecule has 1 rings (SSSR count). The average Bonchev–Trinajstić information content (AvgIpc) is 2.25. The molecule has 1 atom stereocenters. The van der Waals surface area contributed by atoms with Crippen molar-refractivity contribution in [2.75, 3.05) is 14.1 Å². The second kappa shape index (κ2) is 5.54. The van der Waals surface area contributed by atoms with E-state index >= 15 is 0 Å². The molecule has 0 unspecified atom stereocenters. The molecule has 0 aliphatic carbocycles. The van der Waals surface area contributed by atoms with Crippen molar-refractivity contribution < 1.29 is 9.53 Å². The highest BCUT2D eigenvalue weighted by molar-refractivity contribution is 5.80. The Labute approximate surface area is 97.0 Å². The summed E-state index contributed by atoms with van der Waals surface area (Å²) in [5.74, 6) is 0.756. The fourth-order valence-electron chi connectivity index (χ4n) is 1.45. The van der Waals surface area contributed by atoms with Crippen molar-refractivity contribution >= 4 is 5.91 Å². The van der Waals surface area contributed by atoms with Crippen LogP contribution in [-0.4, -0.2) is 31.0 Å². The van der Waals surface area contributed by atoms with Gasteiger partial charge in [0.25, 0.3) is 5.91 Å². The fraction of sp³-hybridized carbons (Fsp3) is 0.462. The van der Waals surface area contributed by atoms with E-state index in [9.17, 15) is 4.79 Å². The van der Waals surface area contributed by atoms with E-state index in [0.717, 1.165) is 11.3 Å². The summed E-state index contributed by atoms with van der Waals surface area (Å²) in [6.07, 6.45) is 0.280. The van der Waals surface area contributed by atoms with E-state index in [1.807, 2.05) is 38.1 Å². The van der Waals surface area contributed by atoms with E-state index in [0.29, 0.717) is 6.42 Å². The van der Waals surface area contributed by atoms with E-state index in [4.69, 9.17) is 4.74 Å². The lowest BCUT2D eigenvalue weighted by molar-refractivity contribution is -0.136. The third-order valence-electron chi connectivity index (χ3n) is 2.35. The van der Waals surface area contributed by atoms with Gasteiger partial charge in [0.05, 0.1) is 0 Å². The van der Waals surface area contributed by atoms with Crippen molar-refractivity contribution in [3.63, 3.8) is 0 Å². The number of ether oxygens (including phenoxy) is 1. The number of aryl methyl sites for hydroxylation is 1. The summed E-state index contributed by atoms with van der Waals surface area (Å²) in [5.41, 5.74) is 1.13. The van der Waals surface area contributed by atoms with Gasteiger partial charge in [0.1, 0.15) is 5.75 Å². The van der Waals surface area contributed by atoms with Gasteiger partial charge in [0, 0.05) is 14.1 Å². The van der Waals surface area contributed by atoms with Crippen molar-refractivity contribution in [3.8, 4) is 5.75 Å². The molecule has 0 spiro atoms. The lowest BCUT2D eigenvalue weighted by Crippen LogP contribution is -2.37. The zero-order chi connectivity index (χ0) is 12.1. The topological polar surface area (TPSA) is 29.5 Å². The van der Waals surface area contributed by atoms with Gasteiger partial charge in [-0.2, -0.15) is 0 Å². The number of rotatable bonds is 4. The number of carbonyl (C=O) groups is 1. The largest absolute Gasteiger partial charge is 0.481 e. The van der Waals surface area contributed by atoms with Gasteiger partial charge in [0.2, 0.25) is 0 Å². The average molecular weight is 221 g/mol. The Bertz CT molecular complexity index is 361. The highest BCUT2D eigenvalue weighted by Crippen LogP contribution is 2.16. The summed E-state index contributed by atoms with van der Waals surface area (Å²) in [6.45, 7) is 3.95. The van der Waals surface area contributed by atoms with Crippen LogP contribution in [0.3, 0.4) is 0 Å². The standard InChI is InChI=1S/C13H19NO2/c1-5-12(13(15)14(3)4)16-11-8-6-7-10(2)9-11/h6-9,12H,5H2,1-4H3/t12-/m0/s1. The van der Waals surface area contributed by atoms with Crippen LogP contribution in [0.2, 0.25) is 0 Å². The molecule has 1 aromatic rings. The lowest BCUT2D eigenvalue weighted by atomic mass is 10.2. The summed E-state index contributed by atoms with van der Waals surface area (Å²) in [6, 6.07) is 7.74. The van der Waals surface area contributed by atoms with Gasteiger partial charge < -0.3 is 9.64 Å². The Morgan fingerprint density at radius 2 is 2.12 bits per heavy atom. The molecular weight excluding hydrogens is 202 g/mol. The second-order valence-corrected chi connectivity index (χ2v) is 4.06. The third-order valence-corrected chi connectivity index (χ3v) is 2.35. The Morgan fingerprint density at radius 3 is 2.62 bits per heavy atom. The number of nitrogens with zero attached hydrogens (tertiary/aromatic N) is 1.